The Bertz CT molecular complexity index is 977. The van der Waals surface area contributed by atoms with Crippen LogP contribution in [0.1, 0.15) is 18.4 Å². The number of nitrogens with zero attached hydrogens (tertiary/aromatic N) is 4. The van der Waals surface area contributed by atoms with Crippen molar-refractivity contribution in [1.29, 1.82) is 0 Å². The highest BCUT2D eigenvalue weighted by Gasteiger charge is 2.44. The summed E-state index contributed by atoms with van der Waals surface area (Å²) < 4.78 is 0. The summed E-state index contributed by atoms with van der Waals surface area (Å²) >= 11 is 0. The van der Waals surface area contributed by atoms with Crippen LogP contribution < -0.4 is 11.1 Å². The molecule has 26 heavy (non-hydrogen) atoms. The van der Waals surface area contributed by atoms with E-state index in [2.05, 4.69) is 33.4 Å². The molecule has 2 fully saturated rings. The third-order valence-corrected chi connectivity index (χ3v) is 5.68. The summed E-state index contributed by atoms with van der Waals surface area (Å²) in [6.45, 7) is 5.38. The van der Waals surface area contributed by atoms with E-state index in [1.807, 2.05) is 25.1 Å². The molecule has 0 atom stereocenters. The van der Waals surface area contributed by atoms with Crippen LogP contribution in [0.15, 0.2) is 36.4 Å². The van der Waals surface area contributed by atoms with Crippen molar-refractivity contribution in [3.8, 4) is 11.3 Å². The van der Waals surface area contributed by atoms with Crippen LogP contribution >= 0.6 is 0 Å². The first kappa shape index (κ1) is 15.5. The molecule has 0 aliphatic carbocycles. The van der Waals surface area contributed by atoms with Crippen LogP contribution in [0, 0.1) is 6.92 Å². The maximum absolute atomic E-state index is 6.27. The number of aromatic nitrogens is 3. The number of hydrogen-bond donors (Lipinski definition) is 2. The Hall–Kier alpha value is -2.73. The maximum atomic E-state index is 6.27. The topological polar surface area (TPSA) is 80.0 Å². The molecule has 6 nitrogen and oxygen atoms in total. The first-order valence-corrected chi connectivity index (χ1v) is 9.13. The average molecular weight is 346 g/mol. The van der Waals surface area contributed by atoms with Crippen molar-refractivity contribution in [1.82, 2.24) is 19.9 Å². The molecule has 3 aromatic rings. The second-order valence-corrected chi connectivity index (χ2v) is 7.50. The standard InChI is InChI=1S/C20H22N6/c1-13-11-15(14-5-3-2-4-6-14)22-18-16(13)17(21)23-19(24-18)25-20-7-9-26(12-20)10-8-20/h2-6,11H,7-10,12H2,1H3,(H3,21,22,23,24,25). The van der Waals surface area contributed by atoms with Crippen LogP contribution in [-0.4, -0.2) is 45.0 Å². The fourth-order valence-corrected chi connectivity index (χ4v) is 4.29. The lowest BCUT2D eigenvalue weighted by Gasteiger charge is -2.26. The van der Waals surface area contributed by atoms with Crippen molar-refractivity contribution in [2.75, 3.05) is 30.7 Å². The maximum Gasteiger partial charge on any atom is 0.227 e. The Kier molecular flexibility index (Phi) is 3.37. The first-order valence-electron chi connectivity index (χ1n) is 9.13. The summed E-state index contributed by atoms with van der Waals surface area (Å²) in [7, 11) is 0. The van der Waals surface area contributed by atoms with E-state index in [1.165, 1.54) is 0 Å². The van der Waals surface area contributed by atoms with Crippen molar-refractivity contribution in [3.63, 3.8) is 0 Å². The van der Waals surface area contributed by atoms with E-state index in [9.17, 15) is 0 Å². The zero-order valence-electron chi connectivity index (χ0n) is 14.9. The van der Waals surface area contributed by atoms with Gasteiger partial charge in [-0.05, 0) is 31.4 Å². The van der Waals surface area contributed by atoms with Gasteiger partial charge in [-0.1, -0.05) is 30.3 Å². The molecular formula is C20H22N6. The van der Waals surface area contributed by atoms with Crippen molar-refractivity contribution < 1.29 is 0 Å². The lowest BCUT2D eigenvalue weighted by atomic mass is 9.96. The number of pyridine rings is 1. The highest BCUT2D eigenvalue weighted by atomic mass is 15.3. The summed E-state index contributed by atoms with van der Waals surface area (Å²) in [5.74, 6) is 1.09. The fourth-order valence-electron chi connectivity index (χ4n) is 4.29. The number of nitrogens with one attached hydrogen (secondary N) is 1. The van der Waals surface area contributed by atoms with Gasteiger partial charge in [0, 0.05) is 25.2 Å². The van der Waals surface area contributed by atoms with E-state index in [1.54, 1.807) is 0 Å². The molecular weight excluding hydrogens is 324 g/mol. The lowest BCUT2D eigenvalue weighted by Crippen LogP contribution is -2.37. The highest BCUT2D eigenvalue weighted by Crippen LogP contribution is 2.35. The molecule has 0 saturated carbocycles. The van der Waals surface area contributed by atoms with Gasteiger partial charge in [-0.2, -0.15) is 9.97 Å². The van der Waals surface area contributed by atoms with Crippen LogP contribution in [0.4, 0.5) is 11.8 Å². The number of anilines is 2. The van der Waals surface area contributed by atoms with Gasteiger partial charge < -0.3 is 16.0 Å². The van der Waals surface area contributed by atoms with Crippen LogP contribution in [0.5, 0.6) is 0 Å². The molecule has 0 amide bonds. The number of benzene rings is 1. The molecule has 132 valence electrons. The molecule has 6 heteroatoms. The van der Waals surface area contributed by atoms with Gasteiger partial charge in [-0.15, -0.1) is 0 Å². The van der Waals surface area contributed by atoms with E-state index >= 15 is 0 Å². The van der Waals surface area contributed by atoms with Crippen molar-refractivity contribution >= 4 is 22.8 Å². The van der Waals surface area contributed by atoms with Gasteiger partial charge in [0.2, 0.25) is 5.95 Å². The minimum Gasteiger partial charge on any atom is -0.383 e. The zero-order valence-corrected chi connectivity index (χ0v) is 14.9. The van der Waals surface area contributed by atoms with Crippen LogP contribution in [0.25, 0.3) is 22.3 Å². The number of rotatable bonds is 3. The van der Waals surface area contributed by atoms with Gasteiger partial charge in [0.25, 0.3) is 0 Å². The molecule has 2 saturated heterocycles. The second kappa shape index (κ2) is 5.64. The number of aryl methyl sites for hydroxylation is 1. The Morgan fingerprint density at radius 1 is 1.08 bits per heavy atom. The van der Waals surface area contributed by atoms with Crippen molar-refractivity contribution in [3.05, 3.63) is 42.0 Å². The number of piperidine rings is 1. The fraction of sp³-hybridized carbons (Fsp3) is 0.350. The monoisotopic (exact) mass is 346 g/mol. The van der Waals surface area contributed by atoms with Gasteiger partial charge in [-0.3, -0.25) is 0 Å². The van der Waals surface area contributed by atoms with Crippen LogP contribution in [0.2, 0.25) is 0 Å². The molecule has 2 aliphatic rings. The van der Waals surface area contributed by atoms with E-state index in [0.717, 1.165) is 54.7 Å². The van der Waals surface area contributed by atoms with E-state index < -0.39 is 0 Å². The van der Waals surface area contributed by atoms with Crippen LogP contribution in [-0.2, 0) is 0 Å². The smallest absolute Gasteiger partial charge is 0.227 e. The summed E-state index contributed by atoms with van der Waals surface area (Å²) in [5.41, 5.74) is 10.0. The zero-order chi connectivity index (χ0) is 17.7. The summed E-state index contributed by atoms with van der Waals surface area (Å²) in [4.78, 5) is 16.5. The lowest BCUT2D eigenvalue weighted by molar-refractivity contribution is 0.366. The average Bonchev–Trinajstić information content (AvgIpc) is 3.22. The molecule has 3 N–H and O–H groups in total. The third kappa shape index (κ3) is 2.49. The Morgan fingerprint density at radius 3 is 2.54 bits per heavy atom. The van der Waals surface area contributed by atoms with Gasteiger partial charge in [0.1, 0.15) is 5.82 Å². The first-order chi connectivity index (χ1) is 12.6. The quantitative estimate of drug-likeness (QED) is 0.759. The van der Waals surface area contributed by atoms with Gasteiger partial charge in [-0.25, -0.2) is 4.98 Å². The van der Waals surface area contributed by atoms with Crippen LogP contribution in [0.3, 0.4) is 0 Å². The van der Waals surface area contributed by atoms with E-state index in [4.69, 9.17) is 15.7 Å². The molecule has 4 heterocycles. The summed E-state index contributed by atoms with van der Waals surface area (Å²) in [5, 5.41) is 4.41. The summed E-state index contributed by atoms with van der Waals surface area (Å²) in [6, 6.07) is 12.2. The molecule has 0 radical (unpaired) electrons. The molecule has 2 bridgehead atoms. The second-order valence-electron chi connectivity index (χ2n) is 7.50. The highest BCUT2D eigenvalue weighted by molar-refractivity contribution is 5.91. The normalized spacial score (nSPS) is 24.3. The van der Waals surface area contributed by atoms with Gasteiger partial charge in [0.15, 0.2) is 5.65 Å². The Balaban J connectivity index is 1.59. The Labute approximate surface area is 152 Å². The number of nitrogens with two attached hydrogens (primary N) is 1. The van der Waals surface area contributed by atoms with Crippen molar-refractivity contribution in [2.45, 2.75) is 25.3 Å². The number of fused-ring (bicyclic) bond motifs is 3. The molecule has 5 rings (SSSR count). The van der Waals surface area contributed by atoms with E-state index in [0.29, 0.717) is 17.4 Å². The SMILES string of the molecule is Cc1cc(-c2ccccc2)nc2nc(NC34CCN(CC3)C4)nc(N)c12. The van der Waals surface area contributed by atoms with E-state index in [-0.39, 0.29) is 5.54 Å². The number of nitrogen functional groups attached to an aromatic ring is 1. The van der Waals surface area contributed by atoms with Gasteiger partial charge >= 0.3 is 0 Å². The molecule has 0 spiro atoms. The number of hydrogen-bond acceptors (Lipinski definition) is 6. The molecule has 2 aromatic heterocycles. The molecule has 2 aliphatic heterocycles. The minimum absolute atomic E-state index is 0.0895. The van der Waals surface area contributed by atoms with Gasteiger partial charge in [0.05, 0.1) is 16.6 Å². The molecule has 1 aromatic carbocycles. The predicted octanol–water partition coefficient (Wildman–Crippen LogP) is 2.84. The largest absolute Gasteiger partial charge is 0.383 e. The Morgan fingerprint density at radius 2 is 1.85 bits per heavy atom. The molecule has 0 unspecified atom stereocenters. The third-order valence-electron chi connectivity index (χ3n) is 5.68. The minimum atomic E-state index is 0.0895. The summed E-state index contributed by atoms with van der Waals surface area (Å²) in [6.07, 6.45) is 2.26. The van der Waals surface area contributed by atoms with Crippen molar-refractivity contribution in [2.24, 2.45) is 0 Å². The predicted molar refractivity (Wildman–Crippen MR) is 104 cm³/mol.